The van der Waals surface area contributed by atoms with Crippen LogP contribution >= 0.6 is 11.6 Å². The fourth-order valence-corrected chi connectivity index (χ4v) is 3.55. The van der Waals surface area contributed by atoms with Crippen molar-refractivity contribution in [3.63, 3.8) is 0 Å². The Hall–Kier alpha value is -3.88. The minimum atomic E-state index is -0.470. The van der Waals surface area contributed by atoms with Crippen molar-refractivity contribution in [3.8, 4) is 6.07 Å². The maximum absolute atomic E-state index is 13.4. The molecule has 0 bridgehead atoms. The summed E-state index contributed by atoms with van der Waals surface area (Å²) in [6.45, 7) is 3.84. The van der Waals surface area contributed by atoms with Gasteiger partial charge in [-0.2, -0.15) is 5.26 Å². The predicted octanol–water partition coefficient (Wildman–Crippen LogP) is 5.23. The van der Waals surface area contributed by atoms with E-state index < -0.39 is 11.8 Å². The number of aryl methyl sites for hydroxylation is 2. The van der Waals surface area contributed by atoms with Crippen LogP contribution in [0.3, 0.4) is 0 Å². The number of rotatable bonds is 4. The highest BCUT2D eigenvalue weighted by molar-refractivity contribution is 6.46. The fraction of sp³-hybridized carbons (Fsp3) is 0.0800. The first kappa shape index (κ1) is 20.4. The lowest BCUT2D eigenvalue weighted by atomic mass is 10.0. The largest absolute Gasteiger partial charge is 0.350 e. The zero-order chi connectivity index (χ0) is 22.1. The highest BCUT2D eigenvalue weighted by atomic mass is 35.5. The van der Waals surface area contributed by atoms with Crippen LogP contribution in [0.5, 0.6) is 0 Å². The van der Waals surface area contributed by atoms with E-state index in [2.05, 4.69) is 5.32 Å². The van der Waals surface area contributed by atoms with E-state index in [1.54, 1.807) is 30.3 Å². The lowest BCUT2D eigenvalue weighted by Gasteiger charge is -2.15. The van der Waals surface area contributed by atoms with Crippen LogP contribution in [0.1, 0.15) is 22.3 Å². The van der Waals surface area contributed by atoms with Crippen LogP contribution in [0.15, 0.2) is 72.4 Å². The van der Waals surface area contributed by atoms with Gasteiger partial charge in [0.05, 0.1) is 22.9 Å². The van der Waals surface area contributed by atoms with Crippen molar-refractivity contribution in [2.75, 3.05) is 10.2 Å². The zero-order valence-corrected chi connectivity index (χ0v) is 17.7. The average Bonchev–Trinajstić information content (AvgIpc) is 3.01. The van der Waals surface area contributed by atoms with Crippen LogP contribution < -0.4 is 10.2 Å². The summed E-state index contributed by atoms with van der Waals surface area (Å²) in [7, 11) is 0. The van der Waals surface area contributed by atoms with Crippen molar-refractivity contribution in [2.45, 2.75) is 13.8 Å². The third-order valence-corrected chi connectivity index (χ3v) is 5.53. The molecule has 0 aliphatic carbocycles. The Kier molecular flexibility index (Phi) is 5.33. The van der Waals surface area contributed by atoms with Crippen LogP contribution in [-0.2, 0) is 9.59 Å². The Labute approximate surface area is 185 Å². The summed E-state index contributed by atoms with van der Waals surface area (Å²) in [4.78, 5) is 27.9. The molecular formula is C25H18ClN3O2. The highest BCUT2D eigenvalue weighted by Gasteiger charge is 2.40. The van der Waals surface area contributed by atoms with Crippen LogP contribution in [0, 0.1) is 25.2 Å². The molecule has 1 aliphatic heterocycles. The molecule has 0 unspecified atom stereocenters. The van der Waals surface area contributed by atoms with Gasteiger partial charge >= 0.3 is 0 Å². The van der Waals surface area contributed by atoms with Crippen molar-refractivity contribution in [1.82, 2.24) is 0 Å². The Balaban J connectivity index is 1.81. The monoisotopic (exact) mass is 427 g/mol. The molecule has 31 heavy (non-hydrogen) atoms. The third-order valence-electron chi connectivity index (χ3n) is 5.12. The minimum absolute atomic E-state index is 0.179. The van der Waals surface area contributed by atoms with Crippen molar-refractivity contribution >= 4 is 40.4 Å². The van der Waals surface area contributed by atoms with Gasteiger partial charge in [0.15, 0.2) is 0 Å². The predicted molar refractivity (Wildman–Crippen MR) is 122 cm³/mol. The SMILES string of the molecule is Cc1ccc(C2=C(Nc3ccc(C)c(Cl)c3)C(=O)N(c3ccc(C#N)cc3)C2=O)cc1. The van der Waals surface area contributed by atoms with Crippen molar-refractivity contribution < 1.29 is 9.59 Å². The van der Waals surface area contributed by atoms with Crippen LogP contribution in [0.2, 0.25) is 5.02 Å². The second-order valence-electron chi connectivity index (χ2n) is 7.31. The van der Waals surface area contributed by atoms with Crippen LogP contribution in [0.25, 0.3) is 5.57 Å². The lowest BCUT2D eigenvalue weighted by molar-refractivity contribution is -0.120. The second-order valence-corrected chi connectivity index (χ2v) is 7.72. The first-order chi connectivity index (χ1) is 14.9. The molecule has 0 aromatic heterocycles. The molecule has 5 nitrogen and oxygen atoms in total. The summed E-state index contributed by atoms with van der Waals surface area (Å²) in [6, 6.07) is 21.2. The Morgan fingerprint density at radius 2 is 1.58 bits per heavy atom. The highest BCUT2D eigenvalue weighted by Crippen LogP contribution is 2.34. The molecule has 0 saturated carbocycles. The fourth-order valence-electron chi connectivity index (χ4n) is 3.37. The molecule has 4 rings (SSSR count). The smallest absolute Gasteiger partial charge is 0.282 e. The molecule has 1 heterocycles. The first-order valence-corrected chi connectivity index (χ1v) is 10.0. The van der Waals surface area contributed by atoms with E-state index in [1.165, 1.54) is 0 Å². The molecule has 2 amide bonds. The molecule has 0 atom stereocenters. The molecule has 1 N–H and O–H groups in total. The van der Waals surface area contributed by atoms with E-state index in [4.69, 9.17) is 16.9 Å². The summed E-state index contributed by atoms with van der Waals surface area (Å²) in [5.41, 5.74) is 4.51. The van der Waals surface area contributed by atoms with Gasteiger partial charge in [-0.15, -0.1) is 0 Å². The van der Waals surface area contributed by atoms with Crippen molar-refractivity contribution in [3.05, 3.63) is 99.7 Å². The molecule has 0 fully saturated rings. The van der Waals surface area contributed by atoms with Gasteiger partial charge in [0.2, 0.25) is 0 Å². The number of carbonyl (C=O) groups excluding carboxylic acids is 2. The van der Waals surface area contributed by atoms with Gasteiger partial charge < -0.3 is 5.32 Å². The topological polar surface area (TPSA) is 73.2 Å². The zero-order valence-electron chi connectivity index (χ0n) is 16.9. The van der Waals surface area contributed by atoms with Crippen molar-refractivity contribution in [2.24, 2.45) is 0 Å². The number of benzene rings is 3. The summed E-state index contributed by atoms with van der Waals surface area (Å²) in [6.07, 6.45) is 0. The van der Waals surface area contributed by atoms with E-state index in [9.17, 15) is 9.59 Å². The maximum atomic E-state index is 13.4. The van der Waals surface area contributed by atoms with Gasteiger partial charge in [-0.1, -0.05) is 47.5 Å². The van der Waals surface area contributed by atoms with Crippen molar-refractivity contribution in [1.29, 1.82) is 5.26 Å². The van der Waals surface area contributed by atoms with Gasteiger partial charge in [0.1, 0.15) is 5.70 Å². The number of halogens is 1. The number of amides is 2. The van der Waals surface area contributed by atoms with E-state index in [0.717, 1.165) is 16.0 Å². The average molecular weight is 428 g/mol. The number of anilines is 2. The third kappa shape index (κ3) is 3.81. The number of imide groups is 1. The molecular weight excluding hydrogens is 410 g/mol. The first-order valence-electron chi connectivity index (χ1n) is 9.62. The van der Waals surface area contributed by atoms with Gasteiger partial charge in [-0.25, -0.2) is 4.90 Å². The molecule has 3 aromatic carbocycles. The number of nitriles is 1. The summed E-state index contributed by atoms with van der Waals surface area (Å²) in [5, 5.41) is 12.7. The number of hydrogen-bond donors (Lipinski definition) is 1. The Morgan fingerprint density at radius 3 is 2.19 bits per heavy atom. The number of nitrogens with one attached hydrogen (secondary N) is 1. The maximum Gasteiger partial charge on any atom is 0.282 e. The summed E-state index contributed by atoms with van der Waals surface area (Å²) < 4.78 is 0. The van der Waals surface area contributed by atoms with Gasteiger partial charge in [0.25, 0.3) is 11.8 Å². The van der Waals surface area contributed by atoms with Crippen LogP contribution in [-0.4, -0.2) is 11.8 Å². The van der Waals surface area contributed by atoms with E-state index in [1.807, 2.05) is 56.3 Å². The molecule has 0 saturated heterocycles. The lowest BCUT2D eigenvalue weighted by Crippen LogP contribution is -2.32. The van der Waals surface area contributed by atoms with E-state index in [-0.39, 0.29) is 11.3 Å². The standard InChI is InChI=1S/C25H18ClN3O2/c1-15-3-8-18(9-4-15)22-23(28-19-10-5-16(2)21(26)13-19)25(31)29(24(22)30)20-11-6-17(14-27)7-12-20/h3-13,28H,1-2H3. The molecule has 6 heteroatoms. The minimum Gasteiger partial charge on any atom is -0.350 e. The number of nitrogens with zero attached hydrogens (tertiary/aromatic N) is 2. The van der Waals surface area contributed by atoms with Gasteiger partial charge in [0, 0.05) is 10.7 Å². The van der Waals surface area contributed by atoms with E-state index in [0.29, 0.717) is 27.5 Å². The van der Waals surface area contributed by atoms with E-state index >= 15 is 0 Å². The molecule has 0 radical (unpaired) electrons. The summed E-state index contributed by atoms with van der Waals surface area (Å²) >= 11 is 6.24. The van der Waals surface area contributed by atoms with Gasteiger partial charge in [-0.3, -0.25) is 9.59 Å². The number of hydrogen-bond acceptors (Lipinski definition) is 4. The van der Waals surface area contributed by atoms with Gasteiger partial charge in [-0.05, 0) is 61.4 Å². The Morgan fingerprint density at radius 1 is 0.903 bits per heavy atom. The molecule has 1 aliphatic rings. The van der Waals surface area contributed by atoms with Crippen LogP contribution in [0.4, 0.5) is 11.4 Å². The summed E-state index contributed by atoms with van der Waals surface area (Å²) in [5.74, 6) is -0.902. The normalized spacial score (nSPS) is 13.5. The molecule has 0 spiro atoms. The quantitative estimate of drug-likeness (QED) is 0.579. The molecule has 152 valence electrons. The second kappa shape index (κ2) is 8.10. The Bertz CT molecular complexity index is 1270. The number of carbonyl (C=O) groups is 2. The molecule has 3 aromatic rings.